The van der Waals surface area contributed by atoms with Crippen molar-refractivity contribution in [3.05, 3.63) is 17.1 Å². The van der Waals surface area contributed by atoms with Gasteiger partial charge in [0.1, 0.15) is 22.5 Å². The lowest BCUT2D eigenvalue weighted by atomic mass is 10.2. The molecule has 0 unspecified atom stereocenters. The summed E-state index contributed by atoms with van der Waals surface area (Å²) < 4.78 is 0. The molecule has 1 heterocycles. The number of nitrogens with zero attached hydrogens (tertiary/aromatic N) is 4. The molecule has 118 valence electrons. The first-order chi connectivity index (χ1) is 10.4. The van der Waals surface area contributed by atoms with Gasteiger partial charge < -0.3 is 4.90 Å². The van der Waals surface area contributed by atoms with Crippen molar-refractivity contribution in [3.63, 3.8) is 0 Å². The molecule has 0 aliphatic heterocycles. The Morgan fingerprint density at radius 3 is 2.64 bits per heavy atom. The minimum Gasteiger partial charge on any atom is -0.339 e. The van der Waals surface area contributed by atoms with E-state index >= 15 is 0 Å². The van der Waals surface area contributed by atoms with Gasteiger partial charge >= 0.3 is 0 Å². The second-order valence-corrected chi connectivity index (χ2v) is 7.07. The van der Waals surface area contributed by atoms with Crippen LogP contribution < -0.4 is 0 Å². The molecule has 1 aromatic heterocycles. The van der Waals surface area contributed by atoms with Gasteiger partial charge in [0.25, 0.3) is 0 Å². The summed E-state index contributed by atoms with van der Waals surface area (Å²) in [4.78, 5) is 23.0. The minimum atomic E-state index is 0.138. The molecule has 2 rings (SSSR count). The Balaban J connectivity index is 2.06. The van der Waals surface area contributed by atoms with Gasteiger partial charge in [0.2, 0.25) is 5.91 Å². The Morgan fingerprint density at radius 2 is 2.09 bits per heavy atom. The lowest BCUT2D eigenvalue weighted by molar-refractivity contribution is -0.129. The van der Waals surface area contributed by atoms with E-state index in [1.165, 1.54) is 11.8 Å². The lowest BCUT2D eigenvalue weighted by Gasteiger charge is -2.24. The van der Waals surface area contributed by atoms with E-state index in [0.29, 0.717) is 39.8 Å². The van der Waals surface area contributed by atoms with E-state index in [9.17, 15) is 10.1 Å². The van der Waals surface area contributed by atoms with Crippen LogP contribution in [0.5, 0.6) is 0 Å². The van der Waals surface area contributed by atoms with Gasteiger partial charge in [0.15, 0.2) is 0 Å². The fourth-order valence-electron chi connectivity index (χ4n) is 2.36. The lowest BCUT2D eigenvalue weighted by Crippen LogP contribution is -2.37. The quantitative estimate of drug-likeness (QED) is 0.596. The van der Waals surface area contributed by atoms with Crippen LogP contribution in [-0.2, 0) is 4.79 Å². The number of carbonyl (C=O) groups excluding carboxylic acids is 1. The fourth-order valence-corrected chi connectivity index (χ4v) is 3.32. The Labute approximate surface area is 136 Å². The zero-order valence-electron chi connectivity index (χ0n) is 13.6. The van der Waals surface area contributed by atoms with E-state index in [-0.39, 0.29) is 5.91 Å². The van der Waals surface area contributed by atoms with Crippen molar-refractivity contribution in [1.82, 2.24) is 14.9 Å². The second kappa shape index (κ2) is 7.10. The topological polar surface area (TPSA) is 69.9 Å². The van der Waals surface area contributed by atoms with Crippen molar-refractivity contribution < 1.29 is 4.79 Å². The molecule has 1 saturated carbocycles. The number of rotatable bonds is 6. The average Bonchev–Trinajstić information content (AvgIpc) is 3.26. The van der Waals surface area contributed by atoms with E-state index in [1.807, 2.05) is 4.90 Å². The van der Waals surface area contributed by atoms with E-state index in [0.717, 1.165) is 19.4 Å². The molecule has 0 bridgehead atoms. The molecule has 0 N–H and O–H groups in total. The Hall–Kier alpha value is -1.61. The summed E-state index contributed by atoms with van der Waals surface area (Å²) in [5.41, 5.74) is 1.15. The van der Waals surface area contributed by atoms with Gasteiger partial charge in [-0.25, -0.2) is 9.97 Å². The summed E-state index contributed by atoms with van der Waals surface area (Å²) >= 11 is 1.34. The molecule has 1 fully saturated rings. The van der Waals surface area contributed by atoms with Crippen LogP contribution in [-0.4, -0.2) is 39.1 Å². The average molecular weight is 318 g/mol. The molecule has 6 heteroatoms. The number of hydrogen-bond acceptors (Lipinski definition) is 5. The summed E-state index contributed by atoms with van der Waals surface area (Å²) in [7, 11) is 0. The van der Waals surface area contributed by atoms with Gasteiger partial charge in [0.05, 0.1) is 11.4 Å². The third-order valence-corrected chi connectivity index (χ3v) is 4.44. The predicted octanol–water partition coefficient (Wildman–Crippen LogP) is 2.70. The highest BCUT2D eigenvalue weighted by molar-refractivity contribution is 8.00. The van der Waals surface area contributed by atoms with Crippen molar-refractivity contribution in [1.29, 1.82) is 5.26 Å². The van der Waals surface area contributed by atoms with Gasteiger partial charge in [-0.1, -0.05) is 25.6 Å². The monoisotopic (exact) mass is 318 g/mol. The summed E-state index contributed by atoms with van der Waals surface area (Å²) in [6.45, 7) is 8.65. The van der Waals surface area contributed by atoms with Gasteiger partial charge in [0, 0.05) is 12.6 Å². The highest BCUT2D eigenvalue weighted by Gasteiger charge is 2.32. The Bertz CT molecular complexity index is 605. The number of aromatic nitrogens is 2. The van der Waals surface area contributed by atoms with Crippen molar-refractivity contribution in [2.45, 2.75) is 51.6 Å². The largest absolute Gasteiger partial charge is 0.339 e. The molecule has 0 aromatic carbocycles. The highest BCUT2D eigenvalue weighted by Crippen LogP contribution is 2.29. The maximum Gasteiger partial charge on any atom is 0.233 e. The minimum absolute atomic E-state index is 0.138. The molecular formula is C16H22N4OS. The van der Waals surface area contributed by atoms with Crippen molar-refractivity contribution >= 4 is 17.7 Å². The number of nitriles is 1. The standard InChI is InChI=1S/C16H22N4OS/c1-10(2)8-20(13-5-6-13)15(21)9-22-16-14(7-17)11(3)18-12(4)19-16/h10,13H,5-6,8-9H2,1-4H3. The van der Waals surface area contributed by atoms with Crippen LogP contribution in [0.4, 0.5) is 0 Å². The summed E-state index contributed by atoms with van der Waals surface area (Å²) in [6.07, 6.45) is 2.22. The van der Waals surface area contributed by atoms with Crippen LogP contribution in [0.25, 0.3) is 0 Å². The smallest absolute Gasteiger partial charge is 0.233 e. The number of hydrogen-bond donors (Lipinski definition) is 0. The molecule has 22 heavy (non-hydrogen) atoms. The second-order valence-electron chi connectivity index (χ2n) is 6.11. The first-order valence-electron chi connectivity index (χ1n) is 7.60. The van der Waals surface area contributed by atoms with Crippen molar-refractivity contribution in [2.24, 2.45) is 5.92 Å². The van der Waals surface area contributed by atoms with Crippen LogP contribution in [0.3, 0.4) is 0 Å². The SMILES string of the molecule is Cc1nc(C)c(C#N)c(SCC(=O)N(CC(C)C)C2CC2)n1. The normalized spacial score (nSPS) is 14.0. The molecule has 1 aromatic rings. The highest BCUT2D eigenvalue weighted by atomic mass is 32.2. The molecule has 0 radical (unpaired) electrons. The van der Waals surface area contributed by atoms with Crippen LogP contribution in [0, 0.1) is 31.1 Å². The number of carbonyl (C=O) groups is 1. The van der Waals surface area contributed by atoms with Gasteiger partial charge in [-0.2, -0.15) is 5.26 Å². The molecule has 0 atom stereocenters. The molecule has 1 aliphatic carbocycles. The molecular weight excluding hydrogens is 296 g/mol. The van der Waals surface area contributed by atoms with Gasteiger partial charge in [-0.3, -0.25) is 4.79 Å². The van der Waals surface area contributed by atoms with E-state index in [2.05, 4.69) is 29.9 Å². The van der Waals surface area contributed by atoms with E-state index in [4.69, 9.17) is 0 Å². The maximum atomic E-state index is 12.5. The van der Waals surface area contributed by atoms with E-state index < -0.39 is 0 Å². The molecule has 1 amide bonds. The first kappa shape index (κ1) is 16.8. The third kappa shape index (κ3) is 4.20. The third-order valence-electron chi connectivity index (χ3n) is 3.48. The molecule has 0 saturated heterocycles. The predicted molar refractivity (Wildman–Crippen MR) is 86.5 cm³/mol. The number of amides is 1. The van der Waals surface area contributed by atoms with E-state index in [1.54, 1.807) is 13.8 Å². The zero-order chi connectivity index (χ0) is 16.3. The summed E-state index contributed by atoms with van der Waals surface area (Å²) in [5.74, 6) is 1.56. The van der Waals surface area contributed by atoms with Gasteiger partial charge in [-0.05, 0) is 32.6 Å². The maximum absolute atomic E-state index is 12.5. The summed E-state index contributed by atoms with van der Waals surface area (Å²) in [5, 5.41) is 9.86. The van der Waals surface area contributed by atoms with Crippen molar-refractivity contribution in [2.75, 3.05) is 12.3 Å². The fraction of sp³-hybridized carbons (Fsp3) is 0.625. The molecule has 5 nitrogen and oxygen atoms in total. The van der Waals surface area contributed by atoms with Crippen LogP contribution >= 0.6 is 11.8 Å². The Kier molecular flexibility index (Phi) is 5.41. The van der Waals surface area contributed by atoms with Crippen LogP contribution in [0.1, 0.15) is 43.8 Å². The Morgan fingerprint density at radius 1 is 1.41 bits per heavy atom. The number of thioether (sulfide) groups is 1. The summed E-state index contributed by atoms with van der Waals surface area (Å²) in [6, 6.07) is 2.56. The van der Waals surface area contributed by atoms with Crippen LogP contribution in [0.2, 0.25) is 0 Å². The van der Waals surface area contributed by atoms with Crippen molar-refractivity contribution in [3.8, 4) is 6.07 Å². The van der Waals surface area contributed by atoms with Gasteiger partial charge in [-0.15, -0.1) is 0 Å². The number of aryl methyl sites for hydroxylation is 2. The molecule has 0 spiro atoms. The first-order valence-corrected chi connectivity index (χ1v) is 8.58. The van der Waals surface area contributed by atoms with Crippen LogP contribution in [0.15, 0.2) is 5.03 Å². The molecule has 1 aliphatic rings. The zero-order valence-corrected chi connectivity index (χ0v) is 14.4.